The van der Waals surface area contributed by atoms with E-state index >= 15 is 0 Å². The maximum Gasteiger partial charge on any atom is 0.234 e. The number of hydrogen-bond acceptors (Lipinski definition) is 4. The first kappa shape index (κ1) is 20.7. The average Bonchev–Trinajstić information content (AvgIpc) is 2.74. The van der Waals surface area contributed by atoms with Crippen molar-refractivity contribution in [2.24, 2.45) is 5.92 Å². The summed E-state index contributed by atoms with van der Waals surface area (Å²) in [6.07, 6.45) is 6.85. The first-order valence-corrected chi connectivity index (χ1v) is 10.9. The Morgan fingerprint density at radius 1 is 1.14 bits per heavy atom. The molecule has 0 aromatic heterocycles. The van der Waals surface area contributed by atoms with E-state index in [1.807, 2.05) is 6.07 Å². The largest absolute Gasteiger partial charge is 0.369 e. The zero-order valence-corrected chi connectivity index (χ0v) is 17.2. The Morgan fingerprint density at radius 3 is 2.54 bits per heavy atom. The molecule has 5 heteroatoms. The van der Waals surface area contributed by atoms with Crippen LogP contribution in [0.4, 0.5) is 5.69 Å². The van der Waals surface area contributed by atoms with Crippen molar-refractivity contribution < 1.29 is 4.79 Å². The molecule has 1 aliphatic carbocycles. The molecule has 0 unspecified atom stereocenters. The molecule has 1 N–H and O–H groups in total. The van der Waals surface area contributed by atoms with Crippen LogP contribution in [0.3, 0.4) is 0 Å². The molecule has 1 aromatic rings. The van der Waals surface area contributed by atoms with Gasteiger partial charge < -0.3 is 10.2 Å². The molecule has 0 spiro atoms. The van der Waals surface area contributed by atoms with Gasteiger partial charge in [0.15, 0.2) is 0 Å². The summed E-state index contributed by atoms with van der Waals surface area (Å²) in [6, 6.07) is 11.0. The summed E-state index contributed by atoms with van der Waals surface area (Å²) in [5.41, 5.74) is 2.87. The van der Waals surface area contributed by atoms with Crippen molar-refractivity contribution in [1.82, 2.24) is 10.2 Å². The lowest BCUT2D eigenvalue weighted by Gasteiger charge is -2.38. The summed E-state index contributed by atoms with van der Waals surface area (Å²) in [5, 5.41) is 11.6. The molecule has 5 nitrogen and oxygen atoms in total. The van der Waals surface area contributed by atoms with E-state index in [0.717, 1.165) is 51.4 Å². The van der Waals surface area contributed by atoms with Gasteiger partial charge in [-0.05, 0) is 62.6 Å². The maximum absolute atomic E-state index is 11.6. The quantitative estimate of drug-likeness (QED) is 0.786. The van der Waals surface area contributed by atoms with Crippen LogP contribution >= 0.6 is 0 Å². The molecule has 1 saturated carbocycles. The van der Waals surface area contributed by atoms with Gasteiger partial charge in [0.2, 0.25) is 5.91 Å². The van der Waals surface area contributed by atoms with Gasteiger partial charge in [-0.3, -0.25) is 9.69 Å². The third kappa shape index (κ3) is 5.72. The Morgan fingerprint density at radius 2 is 1.86 bits per heavy atom. The van der Waals surface area contributed by atoms with Crippen molar-refractivity contribution in [3.63, 3.8) is 0 Å². The molecule has 1 saturated heterocycles. The predicted octanol–water partition coefficient (Wildman–Crippen LogP) is 3.35. The maximum atomic E-state index is 11.6. The number of piperazine rings is 1. The summed E-state index contributed by atoms with van der Waals surface area (Å²) < 4.78 is 0. The fraction of sp³-hybridized carbons (Fsp3) is 0.652. The molecule has 0 bridgehead atoms. The number of carbonyl (C=O) groups is 1. The summed E-state index contributed by atoms with van der Waals surface area (Å²) >= 11 is 0. The summed E-state index contributed by atoms with van der Waals surface area (Å²) in [7, 11) is 0. The van der Waals surface area contributed by atoms with Crippen LogP contribution in [0, 0.1) is 17.2 Å². The van der Waals surface area contributed by atoms with Crippen LogP contribution in [0.2, 0.25) is 0 Å². The van der Waals surface area contributed by atoms with E-state index in [0.29, 0.717) is 0 Å². The molecule has 1 amide bonds. The zero-order valence-electron chi connectivity index (χ0n) is 17.2. The highest BCUT2D eigenvalue weighted by atomic mass is 16.1. The molecule has 1 aromatic carbocycles. The van der Waals surface area contributed by atoms with Crippen LogP contribution in [0.5, 0.6) is 0 Å². The molecule has 1 aliphatic heterocycles. The highest BCUT2D eigenvalue weighted by molar-refractivity contribution is 5.78. The van der Waals surface area contributed by atoms with E-state index < -0.39 is 0 Å². The minimum Gasteiger partial charge on any atom is -0.369 e. The molecule has 28 heavy (non-hydrogen) atoms. The lowest BCUT2D eigenvalue weighted by Crippen LogP contribution is -2.47. The molecular weight excluding hydrogens is 348 g/mol. The van der Waals surface area contributed by atoms with E-state index in [2.05, 4.69) is 46.3 Å². The topological polar surface area (TPSA) is 59.4 Å². The van der Waals surface area contributed by atoms with Gasteiger partial charge in [-0.25, -0.2) is 0 Å². The number of para-hydroxylation sites is 1. The Balaban J connectivity index is 1.35. The van der Waals surface area contributed by atoms with Gasteiger partial charge in [0.05, 0.1) is 6.07 Å². The summed E-state index contributed by atoms with van der Waals surface area (Å²) in [6.45, 7) is 7.97. The second-order valence-corrected chi connectivity index (χ2v) is 8.22. The van der Waals surface area contributed by atoms with Gasteiger partial charge in [-0.15, -0.1) is 0 Å². The number of hydrogen-bond donors (Lipinski definition) is 1. The van der Waals surface area contributed by atoms with Crippen LogP contribution < -0.4 is 10.2 Å². The third-order valence-corrected chi connectivity index (χ3v) is 6.39. The van der Waals surface area contributed by atoms with Gasteiger partial charge in [-0.2, -0.15) is 5.26 Å². The standard InChI is InChI=1S/C23H34N4O/c1-2-20-5-3-4-6-22(20)27-17-15-26(16-18-27)14-12-19-7-9-21(10-8-19)25-23(28)11-13-24/h3-6,19,21H,2,7-12,14-18H2,1H3,(H,25,28). The Labute approximate surface area is 169 Å². The third-order valence-electron chi connectivity index (χ3n) is 6.39. The number of rotatable bonds is 7. The smallest absolute Gasteiger partial charge is 0.234 e. The van der Waals surface area contributed by atoms with Crippen molar-refractivity contribution in [1.29, 1.82) is 5.26 Å². The minimum atomic E-state index is -0.117. The monoisotopic (exact) mass is 382 g/mol. The SMILES string of the molecule is CCc1ccccc1N1CCN(CCC2CCC(NC(=O)CC#N)CC2)CC1. The van der Waals surface area contributed by atoms with Gasteiger partial charge in [-0.1, -0.05) is 25.1 Å². The van der Waals surface area contributed by atoms with Crippen LogP contribution in [-0.4, -0.2) is 49.6 Å². The molecule has 0 radical (unpaired) electrons. The minimum absolute atomic E-state index is 0.0192. The molecule has 1 heterocycles. The normalized spacial score (nSPS) is 23.2. The number of aryl methyl sites for hydroxylation is 1. The molecule has 0 atom stereocenters. The summed E-state index contributed by atoms with van der Waals surface area (Å²) in [5.74, 6) is 0.663. The van der Waals surface area contributed by atoms with Crippen molar-refractivity contribution in [2.45, 2.75) is 57.9 Å². The van der Waals surface area contributed by atoms with Crippen LogP contribution in [0.1, 0.15) is 51.0 Å². The Bertz CT molecular complexity index is 667. The van der Waals surface area contributed by atoms with Crippen molar-refractivity contribution in [3.05, 3.63) is 29.8 Å². The fourth-order valence-electron chi connectivity index (χ4n) is 4.64. The molecule has 2 aliphatic rings. The molecule has 2 fully saturated rings. The van der Waals surface area contributed by atoms with E-state index in [1.165, 1.54) is 37.1 Å². The highest BCUT2D eigenvalue weighted by Gasteiger charge is 2.24. The van der Waals surface area contributed by atoms with Crippen LogP contribution in [0.25, 0.3) is 0 Å². The number of anilines is 1. The number of nitrogens with zero attached hydrogens (tertiary/aromatic N) is 3. The van der Waals surface area contributed by atoms with E-state index in [4.69, 9.17) is 5.26 Å². The number of nitriles is 1. The van der Waals surface area contributed by atoms with Gasteiger partial charge in [0.25, 0.3) is 0 Å². The lowest BCUT2D eigenvalue weighted by molar-refractivity contribution is -0.121. The van der Waals surface area contributed by atoms with Crippen molar-refractivity contribution in [2.75, 3.05) is 37.6 Å². The summed E-state index contributed by atoms with van der Waals surface area (Å²) in [4.78, 5) is 16.7. The molecule has 3 rings (SSSR count). The Hall–Kier alpha value is -2.06. The first-order chi connectivity index (χ1) is 13.7. The molecule has 152 valence electrons. The number of benzene rings is 1. The van der Waals surface area contributed by atoms with Crippen LogP contribution in [-0.2, 0) is 11.2 Å². The fourth-order valence-corrected chi connectivity index (χ4v) is 4.64. The van der Waals surface area contributed by atoms with E-state index in [-0.39, 0.29) is 18.4 Å². The van der Waals surface area contributed by atoms with E-state index in [9.17, 15) is 4.79 Å². The number of nitrogens with one attached hydrogen (secondary N) is 1. The average molecular weight is 383 g/mol. The van der Waals surface area contributed by atoms with Gasteiger partial charge in [0, 0.05) is 37.9 Å². The zero-order chi connectivity index (χ0) is 19.8. The lowest BCUT2D eigenvalue weighted by atomic mass is 9.84. The predicted molar refractivity (Wildman–Crippen MR) is 113 cm³/mol. The number of carbonyl (C=O) groups excluding carboxylic acids is 1. The first-order valence-electron chi connectivity index (χ1n) is 10.9. The van der Waals surface area contributed by atoms with Gasteiger partial charge >= 0.3 is 0 Å². The highest BCUT2D eigenvalue weighted by Crippen LogP contribution is 2.28. The van der Waals surface area contributed by atoms with Crippen LogP contribution in [0.15, 0.2) is 24.3 Å². The van der Waals surface area contributed by atoms with Crippen molar-refractivity contribution in [3.8, 4) is 6.07 Å². The van der Waals surface area contributed by atoms with Crippen molar-refractivity contribution >= 4 is 11.6 Å². The second-order valence-electron chi connectivity index (χ2n) is 8.22. The van der Waals surface area contributed by atoms with Gasteiger partial charge in [0.1, 0.15) is 6.42 Å². The number of amides is 1. The second kappa shape index (κ2) is 10.5. The van der Waals surface area contributed by atoms with E-state index in [1.54, 1.807) is 0 Å². The molecular formula is C23H34N4O. The Kier molecular flexibility index (Phi) is 7.73.